The van der Waals surface area contributed by atoms with Crippen molar-refractivity contribution in [1.82, 2.24) is 4.98 Å². The molecule has 1 aromatic heterocycles. The lowest BCUT2D eigenvalue weighted by Gasteiger charge is -2.16. The summed E-state index contributed by atoms with van der Waals surface area (Å²) in [5.41, 5.74) is 4.19. The molecular weight excluding hydrogens is 418 g/mol. The predicted octanol–water partition coefficient (Wildman–Crippen LogP) is 4.26. The van der Waals surface area contributed by atoms with Crippen LogP contribution in [0.25, 0.3) is 0 Å². The molecule has 0 saturated heterocycles. The van der Waals surface area contributed by atoms with Gasteiger partial charge in [0.25, 0.3) is 0 Å². The summed E-state index contributed by atoms with van der Waals surface area (Å²) in [6, 6.07) is -0.621. The third-order valence-electron chi connectivity index (χ3n) is 5.19. The highest BCUT2D eigenvalue weighted by atomic mass is 35.5. The molecule has 9 heteroatoms. The third kappa shape index (κ3) is 3.58. The van der Waals surface area contributed by atoms with Crippen LogP contribution in [0.4, 0.5) is 10.5 Å². The molecule has 2 aromatic rings. The number of hydrogen-bond donors (Lipinski definition) is 3. The number of thiol groups is 1. The van der Waals surface area contributed by atoms with E-state index in [4.69, 9.17) is 11.6 Å². The highest BCUT2D eigenvalue weighted by Crippen LogP contribution is 2.44. The van der Waals surface area contributed by atoms with Crippen molar-refractivity contribution in [3.63, 3.8) is 0 Å². The molecule has 2 amide bonds. The lowest BCUT2D eigenvalue weighted by Crippen LogP contribution is -2.14. The number of aromatic nitrogens is 1. The van der Waals surface area contributed by atoms with E-state index >= 15 is 0 Å². The quantitative estimate of drug-likeness (QED) is 0.623. The van der Waals surface area contributed by atoms with E-state index in [1.165, 1.54) is 6.20 Å². The van der Waals surface area contributed by atoms with Crippen molar-refractivity contribution in [2.24, 2.45) is 4.36 Å². The average Bonchev–Trinajstić information content (AvgIpc) is 3.38. The number of aliphatic hydroxyl groups is 1. The van der Waals surface area contributed by atoms with Gasteiger partial charge in [-0.05, 0) is 74.6 Å². The second-order valence-corrected chi connectivity index (χ2v) is 10.6. The number of halogens is 1. The van der Waals surface area contributed by atoms with E-state index in [-0.39, 0.29) is 0 Å². The van der Waals surface area contributed by atoms with Gasteiger partial charge in [0.15, 0.2) is 0 Å². The van der Waals surface area contributed by atoms with Gasteiger partial charge >= 0.3 is 6.03 Å². The van der Waals surface area contributed by atoms with Gasteiger partial charge in [0.05, 0.1) is 16.8 Å². The number of thiazole rings is 1. The molecule has 150 valence electrons. The Bertz CT molecular complexity index is 1010. The first-order valence-electron chi connectivity index (χ1n) is 9.29. The minimum atomic E-state index is -2.27. The zero-order valence-corrected chi connectivity index (χ0v) is 18.2. The fourth-order valence-electron chi connectivity index (χ4n) is 3.94. The van der Waals surface area contributed by atoms with Crippen LogP contribution in [0.2, 0.25) is 5.02 Å². The first kappa shape index (κ1) is 19.8. The van der Waals surface area contributed by atoms with Gasteiger partial charge in [-0.15, -0.1) is 15.7 Å². The van der Waals surface area contributed by atoms with Crippen LogP contribution in [0.5, 0.6) is 0 Å². The maximum Gasteiger partial charge on any atom is 0.353 e. The molecular formula is C19H22ClN3O3S2. The minimum Gasteiger partial charge on any atom is -0.383 e. The Morgan fingerprint density at radius 2 is 1.79 bits per heavy atom. The predicted molar refractivity (Wildman–Crippen MR) is 112 cm³/mol. The Balaban J connectivity index is 1.62. The average molecular weight is 440 g/mol. The highest BCUT2D eigenvalue weighted by molar-refractivity contribution is 7.78. The summed E-state index contributed by atoms with van der Waals surface area (Å²) < 4.78 is 16.7. The van der Waals surface area contributed by atoms with E-state index in [0.717, 1.165) is 82.8 Å². The number of benzene rings is 1. The summed E-state index contributed by atoms with van der Waals surface area (Å²) >= 11 is 7.71. The Morgan fingerprint density at radius 1 is 1.21 bits per heavy atom. The summed E-state index contributed by atoms with van der Waals surface area (Å²) in [4.78, 5) is 16.6. The van der Waals surface area contributed by atoms with Crippen LogP contribution in [0.1, 0.15) is 54.0 Å². The maximum absolute atomic E-state index is 12.5. The van der Waals surface area contributed by atoms with Gasteiger partial charge in [0.1, 0.15) is 14.8 Å². The van der Waals surface area contributed by atoms with Crippen LogP contribution in [0.15, 0.2) is 14.8 Å². The molecule has 2 aliphatic carbocycles. The number of carbonyl (C=O) groups is 1. The molecule has 1 heterocycles. The van der Waals surface area contributed by atoms with E-state index in [1.807, 2.05) is 0 Å². The number of amides is 2. The lowest BCUT2D eigenvalue weighted by atomic mass is 9.98. The fourth-order valence-corrected chi connectivity index (χ4v) is 6.18. The highest BCUT2D eigenvalue weighted by Gasteiger charge is 2.28. The Kier molecular flexibility index (Phi) is 5.24. The van der Waals surface area contributed by atoms with E-state index < -0.39 is 22.2 Å². The van der Waals surface area contributed by atoms with Crippen LogP contribution >= 0.6 is 22.9 Å². The summed E-state index contributed by atoms with van der Waals surface area (Å²) in [6.07, 6.45) is 7.07. The van der Waals surface area contributed by atoms with Crippen molar-refractivity contribution in [3.8, 4) is 0 Å². The van der Waals surface area contributed by atoms with Crippen LogP contribution in [-0.2, 0) is 41.9 Å². The number of hydrogen-bond acceptors (Lipinski definition) is 5. The van der Waals surface area contributed by atoms with E-state index in [9.17, 15) is 14.1 Å². The SMILES string of the molecule is CC(C)(O)c1ncc([SH](=O)=NC(=O)Nc2c3c(c(Cl)c4c2CCC4)CCC3)s1. The van der Waals surface area contributed by atoms with Crippen molar-refractivity contribution in [3.05, 3.63) is 38.5 Å². The molecule has 0 aliphatic heterocycles. The smallest absolute Gasteiger partial charge is 0.353 e. The molecule has 0 spiro atoms. The Hall–Kier alpha value is -1.48. The molecule has 1 atom stereocenters. The van der Waals surface area contributed by atoms with Gasteiger partial charge in [-0.3, -0.25) is 0 Å². The van der Waals surface area contributed by atoms with Gasteiger partial charge < -0.3 is 10.4 Å². The van der Waals surface area contributed by atoms with Gasteiger partial charge in [0.2, 0.25) is 0 Å². The Labute approximate surface area is 174 Å². The molecule has 1 unspecified atom stereocenters. The number of anilines is 1. The van der Waals surface area contributed by atoms with Crippen LogP contribution in [0.3, 0.4) is 0 Å². The molecule has 2 N–H and O–H groups in total. The molecule has 0 fully saturated rings. The summed E-state index contributed by atoms with van der Waals surface area (Å²) in [5.74, 6) is 0. The Morgan fingerprint density at radius 3 is 2.32 bits per heavy atom. The van der Waals surface area contributed by atoms with Crippen LogP contribution < -0.4 is 5.32 Å². The fraction of sp³-hybridized carbons (Fsp3) is 0.474. The van der Waals surface area contributed by atoms with Gasteiger partial charge in [-0.2, -0.15) is 0 Å². The van der Waals surface area contributed by atoms with Crippen molar-refractivity contribution in [1.29, 1.82) is 0 Å². The second-order valence-electron chi connectivity index (χ2n) is 7.68. The number of nitrogens with one attached hydrogen (secondary N) is 1. The molecule has 2 aliphatic rings. The number of fused-ring (bicyclic) bond motifs is 2. The molecule has 6 nitrogen and oxygen atoms in total. The lowest BCUT2D eigenvalue weighted by molar-refractivity contribution is 0.0783. The monoisotopic (exact) mass is 439 g/mol. The van der Waals surface area contributed by atoms with Crippen molar-refractivity contribution in [2.45, 2.75) is 62.2 Å². The normalized spacial score (nSPS) is 16.9. The number of nitrogens with zero attached hydrogens (tertiary/aromatic N) is 2. The number of rotatable bonds is 3. The molecule has 0 bridgehead atoms. The van der Waals surface area contributed by atoms with Crippen molar-refractivity contribution < 1.29 is 14.1 Å². The molecule has 28 heavy (non-hydrogen) atoms. The van der Waals surface area contributed by atoms with E-state index in [1.54, 1.807) is 13.8 Å². The van der Waals surface area contributed by atoms with Gasteiger partial charge in [-0.1, -0.05) is 11.6 Å². The maximum atomic E-state index is 12.5. The largest absolute Gasteiger partial charge is 0.383 e. The van der Waals surface area contributed by atoms with Crippen molar-refractivity contribution >= 4 is 45.3 Å². The minimum absolute atomic E-state index is 0.369. The van der Waals surface area contributed by atoms with E-state index in [0.29, 0.717) is 9.22 Å². The third-order valence-corrected chi connectivity index (χ3v) is 8.36. The topological polar surface area (TPSA) is 91.7 Å². The number of urea groups is 1. The van der Waals surface area contributed by atoms with Crippen LogP contribution in [0, 0.1) is 0 Å². The molecule has 0 saturated carbocycles. The summed E-state index contributed by atoms with van der Waals surface area (Å²) in [5, 5.41) is 14.2. The standard InChI is InChI=1S/C19H22ClN3O3S2/c1-19(2,25)17-21-9-14(27-17)28(26)23-18(24)22-16-12-7-3-5-10(12)15(20)11-6-4-8-13(11)16/h9,25,28H,3-8H2,1-2H3,(H,22,24). The van der Waals surface area contributed by atoms with Crippen LogP contribution in [-0.4, -0.2) is 20.3 Å². The van der Waals surface area contributed by atoms with Crippen molar-refractivity contribution in [2.75, 3.05) is 5.32 Å². The molecule has 0 radical (unpaired) electrons. The zero-order chi connectivity index (χ0) is 20.1. The molecule has 1 aromatic carbocycles. The van der Waals surface area contributed by atoms with Gasteiger partial charge in [0, 0.05) is 10.7 Å². The summed E-state index contributed by atoms with van der Waals surface area (Å²) in [7, 11) is -2.27. The van der Waals surface area contributed by atoms with Gasteiger partial charge in [-0.25, -0.2) is 14.0 Å². The first-order chi connectivity index (χ1) is 13.3. The molecule has 4 rings (SSSR count). The van der Waals surface area contributed by atoms with E-state index in [2.05, 4.69) is 14.7 Å². The second kappa shape index (κ2) is 7.40. The first-order valence-corrected chi connectivity index (χ1v) is 11.7. The summed E-state index contributed by atoms with van der Waals surface area (Å²) in [6.45, 7) is 3.21. The number of carbonyl (C=O) groups excluding carboxylic acids is 1. The zero-order valence-electron chi connectivity index (χ0n) is 15.7.